The van der Waals surface area contributed by atoms with E-state index >= 15 is 0 Å². The molecule has 8 nitrogen and oxygen atoms in total. The van der Waals surface area contributed by atoms with Crippen molar-refractivity contribution >= 4 is 23.3 Å². The Balaban J connectivity index is 1.13. The van der Waals surface area contributed by atoms with Gasteiger partial charge in [0.1, 0.15) is 31.0 Å². The van der Waals surface area contributed by atoms with Crippen molar-refractivity contribution in [3.63, 3.8) is 0 Å². The van der Waals surface area contributed by atoms with E-state index in [1.807, 2.05) is 24.3 Å². The number of likely N-dealkylation sites (tertiary alicyclic amines) is 1. The highest BCUT2D eigenvalue weighted by Gasteiger charge is 2.54. The van der Waals surface area contributed by atoms with E-state index in [0.29, 0.717) is 5.56 Å². The number of hydrogen-bond acceptors (Lipinski definition) is 6. The number of ketones is 1. The van der Waals surface area contributed by atoms with Crippen LogP contribution in [0.4, 0.5) is 10.1 Å². The standard InChI is InChI=1S/C29H39FN4O4/c30-23-17-34(26-24(35)18-38-27(23)26)29(37)25(19-5-2-1-3-6-19)31-28(36)20-9-11-22(12-10-20)33-15-13-32(14-16-33)21-7-4-8-21/h9-12,19,21,23,25-27H,1-8,13-18H2,(H,31,36)/t23-,25-,26+,27+/m0/s1. The minimum absolute atomic E-state index is 0.0269. The summed E-state index contributed by atoms with van der Waals surface area (Å²) in [6.07, 6.45) is 6.47. The highest BCUT2D eigenvalue weighted by atomic mass is 19.1. The molecule has 9 heteroatoms. The van der Waals surface area contributed by atoms with Gasteiger partial charge in [0.25, 0.3) is 5.91 Å². The van der Waals surface area contributed by atoms with Crippen LogP contribution in [0, 0.1) is 5.92 Å². The van der Waals surface area contributed by atoms with Crippen LogP contribution in [0.3, 0.4) is 0 Å². The fraction of sp³-hybridized carbons (Fsp3) is 0.690. The van der Waals surface area contributed by atoms with Crippen molar-refractivity contribution < 1.29 is 23.5 Å². The van der Waals surface area contributed by atoms with Crippen molar-refractivity contribution in [3.8, 4) is 0 Å². The molecule has 1 N–H and O–H groups in total. The largest absolute Gasteiger partial charge is 0.369 e. The number of rotatable bonds is 6. The summed E-state index contributed by atoms with van der Waals surface area (Å²) in [5.74, 6) is -0.959. The van der Waals surface area contributed by atoms with Gasteiger partial charge in [0.15, 0.2) is 5.78 Å². The van der Waals surface area contributed by atoms with E-state index in [1.54, 1.807) is 0 Å². The molecular weight excluding hydrogens is 487 g/mol. The number of amides is 2. The summed E-state index contributed by atoms with van der Waals surface area (Å²) in [7, 11) is 0. The Bertz CT molecular complexity index is 1030. The molecule has 2 saturated carbocycles. The molecule has 5 fully saturated rings. The number of nitrogens with zero attached hydrogens (tertiary/aromatic N) is 3. The van der Waals surface area contributed by atoms with Crippen LogP contribution >= 0.6 is 0 Å². The number of piperazine rings is 1. The number of anilines is 1. The van der Waals surface area contributed by atoms with Gasteiger partial charge < -0.3 is 19.9 Å². The molecule has 2 aliphatic carbocycles. The second-order valence-corrected chi connectivity index (χ2v) is 11.7. The Morgan fingerprint density at radius 2 is 1.66 bits per heavy atom. The molecule has 0 spiro atoms. The van der Waals surface area contributed by atoms with E-state index in [9.17, 15) is 18.8 Å². The molecule has 5 aliphatic rings. The fourth-order valence-electron chi connectivity index (χ4n) is 7.00. The molecule has 0 unspecified atom stereocenters. The van der Waals surface area contributed by atoms with Gasteiger partial charge in [-0.3, -0.25) is 19.3 Å². The number of Topliss-reactive ketones (excluding diaryl/α,β-unsaturated/α-hetero) is 1. The topological polar surface area (TPSA) is 82.2 Å². The zero-order valence-electron chi connectivity index (χ0n) is 22.0. The number of ether oxygens (including phenoxy) is 1. The van der Waals surface area contributed by atoms with Gasteiger partial charge in [0.2, 0.25) is 5.91 Å². The number of benzene rings is 1. The van der Waals surface area contributed by atoms with Gasteiger partial charge in [-0.05, 0) is 55.9 Å². The maximum absolute atomic E-state index is 14.6. The van der Waals surface area contributed by atoms with Crippen molar-refractivity contribution in [2.75, 3.05) is 44.2 Å². The molecule has 206 valence electrons. The molecule has 3 heterocycles. The normalized spacial score (nSPS) is 29.7. The lowest BCUT2D eigenvalue weighted by atomic mass is 9.83. The quantitative estimate of drug-likeness (QED) is 0.614. The first kappa shape index (κ1) is 25.7. The lowest BCUT2D eigenvalue weighted by Crippen LogP contribution is -2.55. The molecule has 38 heavy (non-hydrogen) atoms. The van der Waals surface area contributed by atoms with Crippen LogP contribution in [0.1, 0.15) is 61.7 Å². The van der Waals surface area contributed by atoms with Crippen molar-refractivity contribution in [2.24, 2.45) is 5.92 Å². The van der Waals surface area contributed by atoms with Crippen LogP contribution in [-0.2, 0) is 14.3 Å². The third kappa shape index (κ3) is 4.95. The minimum atomic E-state index is -1.39. The fourth-order valence-corrected chi connectivity index (χ4v) is 7.00. The lowest BCUT2D eigenvalue weighted by Gasteiger charge is -2.43. The Kier molecular flexibility index (Phi) is 7.40. The summed E-state index contributed by atoms with van der Waals surface area (Å²) in [4.78, 5) is 45.8. The summed E-state index contributed by atoms with van der Waals surface area (Å²) in [5, 5.41) is 2.99. The zero-order valence-corrected chi connectivity index (χ0v) is 22.0. The van der Waals surface area contributed by atoms with Crippen molar-refractivity contribution in [2.45, 2.75) is 81.8 Å². The molecule has 0 bridgehead atoms. The summed E-state index contributed by atoms with van der Waals surface area (Å²) in [6, 6.07) is 6.72. The minimum Gasteiger partial charge on any atom is -0.369 e. The van der Waals surface area contributed by atoms with Crippen molar-refractivity contribution in [1.82, 2.24) is 15.1 Å². The molecule has 6 rings (SSSR count). The average molecular weight is 527 g/mol. The summed E-state index contributed by atoms with van der Waals surface area (Å²) in [6.45, 7) is 3.78. The van der Waals surface area contributed by atoms with Gasteiger partial charge in [-0.15, -0.1) is 0 Å². The predicted molar refractivity (Wildman–Crippen MR) is 141 cm³/mol. The molecule has 3 saturated heterocycles. The number of halogens is 1. The van der Waals surface area contributed by atoms with E-state index in [4.69, 9.17) is 4.74 Å². The van der Waals surface area contributed by atoms with E-state index in [1.165, 1.54) is 24.2 Å². The van der Waals surface area contributed by atoms with Crippen LogP contribution in [-0.4, -0.2) is 97.1 Å². The van der Waals surface area contributed by atoms with Gasteiger partial charge >= 0.3 is 0 Å². The van der Waals surface area contributed by atoms with E-state index in [2.05, 4.69) is 15.1 Å². The monoisotopic (exact) mass is 526 g/mol. The Morgan fingerprint density at radius 3 is 2.32 bits per heavy atom. The second kappa shape index (κ2) is 10.9. The van der Waals surface area contributed by atoms with Crippen LogP contribution in [0.5, 0.6) is 0 Å². The van der Waals surface area contributed by atoms with E-state index < -0.39 is 24.4 Å². The van der Waals surface area contributed by atoms with Crippen LogP contribution in [0.15, 0.2) is 24.3 Å². The van der Waals surface area contributed by atoms with Crippen molar-refractivity contribution in [1.29, 1.82) is 0 Å². The number of fused-ring (bicyclic) bond motifs is 1. The third-order valence-corrected chi connectivity index (χ3v) is 9.48. The molecule has 1 aromatic rings. The summed E-state index contributed by atoms with van der Waals surface area (Å²) >= 11 is 0. The number of nitrogens with one attached hydrogen (secondary N) is 1. The first-order chi connectivity index (χ1) is 18.5. The number of carbonyl (C=O) groups excluding carboxylic acids is 3. The van der Waals surface area contributed by atoms with Gasteiger partial charge in [0.05, 0.1) is 6.54 Å². The average Bonchev–Trinajstić information content (AvgIpc) is 3.47. The number of carbonyl (C=O) groups is 3. The molecule has 2 amide bonds. The second-order valence-electron chi connectivity index (χ2n) is 11.7. The van der Waals surface area contributed by atoms with Gasteiger partial charge in [-0.25, -0.2) is 4.39 Å². The van der Waals surface area contributed by atoms with Crippen LogP contribution in [0.2, 0.25) is 0 Å². The third-order valence-electron chi connectivity index (χ3n) is 9.48. The highest BCUT2D eigenvalue weighted by Crippen LogP contribution is 2.33. The van der Waals surface area contributed by atoms with Gasteiger partial charge in [-0.2, -0.15) is 0 Å². The van der Waals surface area contributed by atoms with Crippen LogP contribution in [0.25, 0.3) is 0 Å². The lowest BCUT2D eigenvalue weighted by molar-refractivity contribution is -0.139. The molecule has 1 aromatic carbocycles. The van der Waals surface area contributed by atoms with E-state index in [-0.39, 0.29) is 36.7 Å². The molecule has 3 aliphatic heterocycles. The van der Waals surface area contributed by atoms with Gasteiger partial charge in [0, 0.05) is 43.5 Å². The Morgan fingerprint density at radius 1 is 0.947 bits per heavy atom. The first-order valence-corrected chi connectivity index (χ1v) is 14.5. The summed E-state index contributed by atoms with van der Waals surface area (Å²) in [5.41, 5.74) is 1.60. The maximum atomic E-state index is 14.6. The smallest absolute Gasteiger partial charge is 0.251 e. The Hall–Kier alpha value is -2.52. The number of alkyl halides is 1. The SMILES string of the molecule is O=C(N[C@H](C(=O)N1C[C@H](F)[C@H]2OCC(=O)[C@H]21)C1CCCCC1)c1ccc(N2CCN(C3CCC3)CC2)cc1. The number of hydrogen-bond donors (Lipinski definition) is 1. The Labute approximate surface area is 223 Å². The highest BCUT2D eigenvalue weighted by molar-refractivity contribution is 5.99. The molecular formula is C29H39FN4O4. The first-order valence-electron chi connectivity index (χ1n) is 14.5. The molecule has 0 radical (unpaired) electrons. The maximum Gasteiger partial charge on any atom is 0.251 e. The van der Waals surface area contributed by atoms with Crippen molar-refractivity contribution in [3.05, 3.63) is 29.8 Å². The predicted octanol–water partition coefficient (Wildman–Crippen LogP) is 2.56. The molecule has 4 atom stereocenters. The van der Waals surface area contributed by atoms with Gasteiger partial charge in [-0.1, -0.05) is 25.7 Å². The van der Waals surface area contributed by atoms with Crippen LogP contribution < -0.4 is 10.2 Å². The summed E-state index contributed by atoms with van der Waals surface area (Å²) < 4.78 is 19.9. The zero-order chi connectivity index (χ0) is 26.2. The van der Waals surface area contributed by atoms with E-state index in [0.717, 1.165) is 70.0 Å². The molecule has 0 aromatic heterocycles.